The highest BCUT2D eigenvalue weighted by molar-refractivity contribution is 6.42. The van der Waals surface area contributed by atoms with Gasteiger partial charge in [0.25, 0.3) is 0 Å². The molecule has 0 radical (unpaired) electrons. The van der Waals surface area contributed by atoms with Gasteiger partial charge in [-0.1, -0.05) is 11.6 Å². The van der Waals surface area contributed by atoms with Gasteiger partial charge in [0.15, 0.2) is 5.84 Å². The van der Waals surface area contributed by atoms with Gasteiger partial charge in [0, 0.05) is 0 Å². The monoisotopic (exact) mass is 133 g/mol. The number of oxime groups is 1. The third-order valence-corrected chi connectivity index (χ3v) is 0.930. The van der Waals surface area contributed by atoms with E-state index < -0.39 is 0 Å². The van der Waals surface area contributed by atoms with Crippen LogP contribution in [0.1, 0.15) is 0 Å². The maximum Gasteiger partial charge on any atom is 0.186 e. The zero-order valence-corrected chi connectivity index (χ0v) is 4.64. The number of rotatable bonds is 0. The molecule has 1 heterocycles. The summed E-state index contributed by atoms with van der Waals surface area (Å²) in [5.74, 6) is 0.186. The van der Waals surface area contributed by atoms with E-state index in [0.29, 0.717) is 5.03 Å². The van der Waals surface area contributed by atoms with E-state index in [1.165, 1.54) is 6.20 Å². The number of nitrogens with two attached hydrogens (primary N) is 1. The van der Waals surface area contributed by atoms with E-state index in [4.69, 9.17) is 17.3 Å². The van der Waals surface area contributed by atoms with Crippen LogP contribution >= 0.6 is 11.6 Å². The molecule has 0 unspecified atom stereocenters. The summed E-state index contributed by atoms with van der Waals surface area (Å²) < 4.78 is 0. The van der Waals surface area contributed by atoms with Crippen LogP contribution in [0.3, 0.4) is 0 Å². The Labute approximate surface area is 50.9 Å². The Morgan fingerprint density at radius 2 is 2.62 bits per heavy atom. The van der Waals surface area contributed by atoms with Gasteiger partial charge in [0.1, 0.15) is 5.03 Å². The van der Waals surface area contributed by atoms with E-state index in [1.54, 1.807) is 0 Å². The molecule has 0 amide bonds. The van der Waals surface area contributed by atoms with Gasteiger partial charge in [-0.2, -0.15) is 0 Å². The minimum absolute atomic E-state index is 0.186. The number of nitrogens with zero attached hydrogens (tertiary/aromatic N) is 1. The molecule has 0 aromatic rings. The van der Waals surface area contributed by atoms with Crippen molar-refractivity contribution in [2.75, 3.05) is 0 Å². The molecule has 0 aliphatic carbocycles. The number of hydrogen-bond acceptors (Lipinski definition) is 4. The number of halogens is 1. The number of hydroxylamine groups is 1. The van der Waals surface area contributed by atoms with Crippen LogP contribution < -0.4 is 11.2 Å². The summed E-state index contributed by atoms with van der Waals surface area (Å²) >= 11 is 5.43. The smallest absolute Gasteiger partial charge is 0.186 e. The van der Waals surface area contributed by atoms with E-state index in [1.807, 2.05) is 0 Å². The van der Waals surface area contributed by atoms with Crippen molar-refractivity contribution < 1.29 is 4.94 Å². The van der Waals surface area contributed by atoms with Crippen LogP contribution in [0.5, 0.6) is 0 Å². The largest absolute Gasteiger partial charge is 0.380 e. The van der Waals surface area contributed by atoms with Crippen molar-refractivity contribution in [3.05, 3.63) is 11.2 Å². The summed E-state index contributed by atoms with van der Waals surface area (Å²) in [5.41, 5.74) is 7.47. The number of nitrogens with one attached hydrogen (secondary N) is 1. The molecule has 1 aliphatic heterocycles. The molecule has 3 N–H and O–H groups in total. The standard InChI is InChI=1S/C3H4ClN3O/c4-2-1-6-8-7-3(2)5/h1,6H,(H2,5,7). The minimum Gasteiger partial charge on any atom is -0.380 e. The maximum atomic E-state index is 5.43. The molecule has 0 saturated carbocycles. The Morgan fingerprint density at radius 1 is 1.88 bits per heavy atom. The fraction of sp³-hybridized carbons (Fsp3) is 0. The summed E-state index contributed by atoms with van der Waals surface area (Å²) in [6.45, 7) is 0. The molecule has 1 aliphatic rings. The van der Waals surface area contributed by atoms with Gasteiger partial charge in [-0.3, -0.25) is 4.94 Å². The Kier molecular flexibility index (Phi) is 1.26. The normalized spacial score (nSPS) is 17.6. The summed E-state index contributed by atoms with van der Waals surface area (Å²) in [6, 6.07) is 0. The van der Waals surface area contributed by atoms with Crippen LogP contribution in [-0.4, -0.2) is 5.84 Å². The molecule has 4 nitrogen and oxygen atoms in total. The Hall–Kier alpha value is -0.900. The Bertz CT molecular complexity index is 135. The lowest BCUT2D eigenvalue weighted by atomic mass is 10.5. The first-order chi connectivity index (χ1) is 3.80. The minimum atomic E-state index is 0.186. The molecule has 0 spiro atoms. The summed E-state index contributed by atoms with van der Waals surface area (Å²) in [4.78, 5) is 4.30. The molecule has 0 aromatic carbocycles. The average molecular weight is 134 g/mol. The molecular formula is C3H4ClN3O. The highest BCUT2D eigenvalue weighted by atomic mass is 35.5. The van der Waals surface area contributed by atoms with Gasteiger partial charge in [0.2, 0.25) is 0 Å². The van der Waals surface area contributed by atoms with E-state index in [2.05, 4.69) is 15.6 Å². The zero-order valence-electron chi connectivity index (χ0n) is 3.89. The number of amidine groups is 1. The molecular weight excluding hydrogens is 130 g/mol. The van der Waals surface area contributed by atoms with E-state index in [9.17, 15) is 0 Å². The first kappa shape index (κ1) is 5.24. The van der Waals surface area contributed by atoms with Gasteiger partial charge in [-0.05, 0) is 5.16 Å². The quantitative estimate of drug-likeness (QED) is 0.484. The first-order valence-corrected chi connectivity index (χ1v) is 2.29. The SMILES string of the molecule is NC1=NONC=C1Cl. The third kappa shape index (κ3) is 0.840. The van der Waals surface area contributed by atoms with Crippen molar-refractivity contribution in [3.63, 3.8) is 0 Å². The van der Waals surface area contributed by atoms with E-state index in [-0.39, 0.29) is 5.84 Å². The lowest BCUT2D eigenvalue weighted by molar-refractivity contribution is 0.0746. The topological polar surface area (TPSA) is 59.6 Å². The predicted octanol–water partition coefficient (Wildman–Crippen LogP) is -0.126. The highest BCUT2D eigenvalue weighted by Gasteiger charge is 2.02. The fourth-order valence-electron chi connectivity index (χ4n) is 0.271. The van der Waals surface area contributed by atoms with E-state index >= 15 is 0 Å². The van der Waals surface area contributed by atoms with Crippen LogP contribution in [0.15, 0.2) is 16.4 Å². The summed E-state index contributed by atoms with van der Waals surface area (Å²) in [6.07, 6.45) is 1.41. The van der Waals surface area contributed by atoms with Gasteiger partial charge < -0.3 is 5.73 Å². The first-order valence-electron chi connectivity index (χ1n) is 1.92. The molecule has 1 rings (SSSR count). The van der Waals surface area contributed by atoms with Crippen LogP contribution in [0.4, 0.5) is 0 Å². The van der Waals surface area contributed by atoms with Gasteiger partial charge in [-0.15, -0.1) is 0 Å². The lowest BCUT2D eigenvalue weighted by Gasteiger charge is -2.04. The molecule has 44 valence electrons. The van der Waals surface area contributed by atoms with Crippen molar-refractivity contribution in [2.24, 2.45) is 10.9 Å². The van der Waals surface area contributed by atoms with Crippen molar-refractivity contribution in [1.29, 1.82) is 0 Å². The van der Waals surface area contributed by atoms with Crippen molar-refractivity contribution in [1.82, 2.24) is 5.48 Å². The Balaban J connectivity index is 2.73. The average Bonchev–Trinajstić information content (AvgIpc) is 1.77. The number of hydrogen-bond donors (Lipinski definition) is 2. The molecule has 0 aromatic heterocycles. The van der Waals surface area contributed by atoms with Crippen LogP contribution in [-0.2, 0) is 4.94 Å². The molecule has 0 fully saturated rings. The molecule has 0 saturated heterocycles. The predicted molar refractivity (Wildman–Crippen MR) is 29.8 cm³/mol. The molecule has 0 atom stereocenters. The maximum absolute atomic E-state index is 5.43. The lowest BCUT2D eigenvalue weighted by Crippen LogP contribution is -2.20. The third-order valence-electron chi connectivity index (χ3n) is 0.627. The van der Waals surface area contributed by atoms with Crippen molar-refractivity contribution in [2.45, 2.75) is 0 Å². The van der Waals surface area contributed by atoms with Crippen LogP contribution in [0.25, 0.3) is 0 Å². The molecule has 8 heavy (non-hydrogen) atoms. The molecule has 0 bridgehead atoms. The summed E-state index contributed by atoms with van der Waals surface area (Å²) in [7, 11) is 0. The van der Waals surface area contributed by atoms with E-state index in [0.717, 1.165) is 0 Å². The molecule has 5 heteroatoms. The second-order valence-corrected chi connectivity index (χ2v) is 1.59. The zero-order chi connectivity index (χ0) is 5.98. The summed E-state index contributed by atoms with van der Waals surface area (Å²) in [5, 5.41) is 3.65. The fourth-order valence-corrected chi connectivity index (χ4v) is 0.350. The van der Waals surface area contributed by atoms with Crippen LogP contribution in [0.2, 0.25) is 0 Å². The Morgan fingerprint density at radius 3 is 3.00 bits per heavy atom. The second-order valence-electron chi connectivity index (χ2n) is 1.18. The second kappa shape index (κ2) is 1.92. The highest BCUT2D eigenvalue weighted by Crippen LogP contribution is 2.01. The van der Waals surface area contributed by atoms with Gasteiger partial charge >= 0.3 is 0 Å². The van der Waals surface area contributed by atoms with Crippen molar-refractivity contribution in [3.8, 4) is 0 Å². The van der Waals surface area contributed by atoms with Gasteiger partial charge in [-0.25, -0.2) is 5.48 Å². The van der Waals surface area contributed by atoms with Crippen LogP contribution in [0, 0.1) is 0 Å². The van der Waals surface area contributed by atoms with Crippen molar-refractivity contribution >= 4 is 17.4 Å². The van der Waals surface area contributed by atoms with Gasteiger partial charge in [0.05, 0.1) is 6.20 Å².